The first-order valence-corrected chi connectivity index (χ1v) is 8.46. The Kier molecular flexibility index (Phi) is 4.50. The van der Waals surface area contributed by atoms with E-state index in [1.807, 2.05) is 53.2 Å². The fraction of sp³-hybridized carbons (Fsp3) is 0.312. The van der Waals surface area contributed by atoms with Gasteiger partial charge in [0.2, 0.25) is 0 Å². The van der Waals surface area contributed by atoms with Crippen molar-refractivity contribution in [2.75, 3.05) is 6.54 Å². The summed E-state index contributed by atoms with van der Waals surface area (Å²) < 4.78 is 1.83. The zero-order chi connectivity index (χ0) is 17.2. The maximum Gasteiger partial charge on any atom is 0.315 e. The van der Waals surface area contributed by atoms with Crippen LogP contribution in [0.2, 0.25) is 0 Å². The second-order valence-corrected chi connectivity index (χ2v) is 6.73. The number of urea groups is 1. The molecule has 0 bridgehead atoms. The van der Waals surface area contributed by atoms with Crippen molar-refractivity contribution in [3.63, 3.8) is 0 Å². The Hall–Kier alpha value is -2.45. The number of thiophene rings is 1. The number of aliphatic hydroxyl groups is 1. The average Bonchev–Trinajstić information content (AvgIpc) is 3.22. The molecule has 0 aliphatic heterocycles. The second kappa shape index (κ2) is 6.58. The summed E-state index contributed by atoms with van der Waals surface area (Å²) in [5, 5.41) is 26.0. The van der Waals surface area contributed by atoms with Gasteiger partial charge in [-0.3, -0.25) is 4.40 Å². The number of fused-ring (bicyclic) bond motifs is 1. The number of carbonyl (C=O) groups is 1. The third-order valence-corrected chi connectivity index (χ3v) is 4.84. The van der Waals surface area contributed by atoms with E-state index in [9.17, 15) is 9.90 Å². The fourth-order valence-electron chi connectivity index (χ4n) is 2.39. The van der Waals surface area contributed by atoms with Gasteiger partial charge in [0.05, 0.1) is 12.6 Å². The van der Waals surface area contributed by atoms with Gasteiger partial charge in [-0.05, 0) is 37.4 Å². The van der Waals surface area contributed by atoms with Gasteiger partial charge in [-0.15, -0.1) is 21.5 Å². The summed E-state index contributed by atoms with van der Waals surface area (Å²) in [6.45, 7) is 3.63. The Morgan fingerprint density at radius 2 is 2.21 bits per heavy atom. The summed E-state index contributed by atoms with van der Waals surface area (Å²) in [6, 6.07) is 8.63. The Bertz CT molecular complexity index is 828. The lowest BCUT2D eigenvalue weighted by molar-refractivity contribution is 0.0630. The van der Waals surface area contributed by atoms with Crippen molar-refractivity contribution < 1.29 is 9.90 Å². The minimum absolute atomic E-state index is 0.118. The van der Waals surface area contributed by atoms with Crippen molar-refractivity contribution in [2.45, 2.75) is 25.5 Å². The minimum atomic E-state index is -1.10. The SMILES string of the molecule is CC(NC(=O)NCC(C)(O)c1cccs1)c1nnc2ccccn12. The van der Waals surface area contributed by atoms with E-state index in [0.717, 1.165) is 10.5 Å². The van der Waals surface area contributed by atoms with E-state index < -0.39 is 5.60 Å². The van der Waals surface area contributed by atoms with Crippen molar-refractivity contribution in [1.82, 2.24) is 25.2 Å². The number of pyridine rings is 1. The van der Waals surface area contributed by atoms with Crippen LogP contribution in [0.1, 0.15) is 30.6 Å². The maximum atomic E-state index is 12.1. The van der Waals surface area contributed by atoms with Crippen LogP contribution in [-0.4, -0.2) is 32.3 Å². The minimum Gasteiger partial charge on any atom is -0.383 e. The Morgan fingerprint density at radius 1 is 1.38 bits per heavy atom. The highest BCUT2D eigenvalue weighted by molar-refractivity contribution is 7.10. The van der Waals surface area contributed by atoms with Crippen molar-refractivity contribution in [3.05, 3.63) is 52.6 Å². The van der Waals surface area contributed by atoms with Crippen LogP contribution in [0.25, 0.3) is 5.65 Å². The molecule has 0 aliphatic carbocycles. The molecule has 24 heavy (non-hydrogen) atoms. The molecule has 2 unspecified atom stereocenters. The molecule has 0 fully saturated rings. The number of nitrogens with zero attached hydrogens (tertiary/aromatic N) is 3. The number of aromatic nitrogens is 3. The van der Waals surface area contributed by atoms with Crippen molar-refractivity contribution in [2.24, 2.45) is 0 Å². The van der Waals surface area contributed by atoms with E-state index in [4.69, 9.17) is 0 Å². The van der Waals surface area contributed by atoms with Gasteiger partial charge < -0.3 is 15.7 Å². The van der Waals surface area contributed by atoms with Crippen LogP contribution in [0, 0.1) is 0 Å². The Balaban J connectivity index is 1.60. The van der Waals surface area contributed by atoms with Crippen LogP contribution in [0.3, 0.4) is 0 Å². The molecule has 3 rings (SSSR count). The quantitative estimate of drug-likeness (QED) is 0.660. The molecule has 0 spiro atoms. The summed E-state index contributed by atoms with van der Waals surface area (Å²) in [6.07, 6.45) is 1.85. The van der Waals surface area contributed by atoms with Gasteiger partial charge in [-0.1, -0.05) is 12.1 Å². The highest BCUT2D eigenvalue weighted by Crippen LogP contribution is 2.24. The topological polar surface area (TPSA) is 91.5 Å². The summed E-state index contributed by atoms with van der Waals surface area (Å²) >= 11 is 1.45. The molecule has 8 heteroatoms. The lowest BCUT2D eigenvalue weighted by atomic mass is 10.1. The van der Waals surface area contributed by atoms with Gasteiger partial charge in [0.15, 0.2) is 11.5 Å². The second-order valence-electron chi connectivity index (χ2n) is 5.79. The maximum absolute atomic E-state index is 12.1. The molecule has 0 saturated heterocycles. The molecule has 2 amide bonds. The van der Waals surface area contributed by atoms with Gasteiger partial charge in [-0.25, -0.2) is 4.79 Å². The van der Waals surface area contributed by atoms with Crippen LogP contribution in [0.4, 0.5) is 4.79 Å². The third-order valence-electron chi connectivity index (χ3n) is 3.72. The molecular weight excluding hydrogens is 326 g/mol. The predicted octanol–water partition coefficient (Wildman–Crippen LogP) is 2.06. The van der Waals surface area contributed by atoms with Gasteiger partial charge in [0.25, 0.3) is 0 Å². The summed E-state index contributed by atoms with van der Waals surface area (Å²) in [5.74, 6) is 0.644. The molecule has 126 valence electrons. The molecule has 2 atom stereocenters. The number of hydrogen-bond donors (Lipinski definition) is 3. The number of amides is 2. The molecule has 3 heterocycles. The highest BCUT2D eigenvalue weighted by Gasteiger charge is 2.25. The molecule has 7 nitrogen and oxygen atoms in total. The first-order valence-electron chi connectivity index (χ1n) is 7.58. The first-order chi connectivity index (χ1) is 11.5. The Morgan fingerprint density at radius 3 is 2.96 bits per heavy atom. The molecule has 0 radical (unpaired) electrons. The van der Waals surface area contributed by atoms with Gasteiger partial charge >= 0.3 is 6.03 Å². The first kappa shape index (κ1) is 16.4. The normalized spacial score (nSPS) is 15.0. The van der Waals surface area contributed by atoms with Gasteiger partial charge in [-0.2, -0.15) is 0 Å². The van der Waals surface area contributed by atoms with E-state index in [1.165, 1.54) is 11.3 Å². The van der Waals surface area contributed by atoms with Crippen molar-refractivity contribution in [1.29, 1.82) is 0 Å². The van der Waals surface area contributed by atoms with Gasteiger partial charge in [0.1, 0.15) is 5.60 Å². The van der Waals surface area contributed by atoms with Crippen molar-refractivity contribution >= 4 is 23.0 Å². The zero-order valence-corrected chi connectivity index (χ0v) is 14.2. The molecule has 3 aromatic heterocycles. The number of hydrogen-bond acceptors (Lipinski definition) is 5. The van der Waals surface area contributed by atoms with E-state index in [-0.39, 0.29) is 18.6 Å². The van der Waals surface area contributed by atoms with Crippen LogP contribution in [0.15, 0.2) is 41.9 Å². The standard InChI is InChI=1S/C16H19N5O2S/c1-11(14-20-19-13-7-3-4-8-21(13)14)18-15(22)17-10-16(2,23)12-6-5-9-24-12/h3-9,11,23H,10H2,1-2H3,(H2,17,18,22). The molecule has 0 saturated carbocycles. The third kappa shape index (κ3) is 3.39. The van der Waals surface area contributed by atoms with E-state index in [0.29, 0.717) is 5.82 Å². The molecule has 0 aromatic carbocycles. The average molecular weight is 345 g/mol. The molecular formula is C16H19N5O2S. The summed E-state index contributed by atoms with van der Waals surface area (Å²) in [4.78, 5) is 12.9. The van der Waals surface area contributed by atoms with Crippen LogP contribution in [0.5, 0.6) is 0 Å². The Labute approximate surface area is 143 Å². The summed E-state index contributed by atoms with van der Waals surface area (Å²) in [5.41, 5.74) is -0.377. The van der Waals surface area contributed by atoms with E-state index >= 15 is 0 Å². The number of rotatable bonds is 5. The predicted molar refractivity (Wildman–Crippen MR) is 91.8 cm³/mol. The zero-order valence-electron chi connectivity index (χ0n) is 13.4. The lowest BCUT2D eigenvalue weighted by Gasteiger charge is -2.23. The van der Waals surface area contributed by atoms with Crippen molar-refractivity contribution in [3.8, 4) is 0 Å². The molecule has 3 N–H and O–H groups in total. The van der Waals surface area contributed by atoms with Crippen LogP contribution in [-0.2, 0) is 5.60 Å². The van der Waals surface area contributed by atoms with E-state index in [1.54, 1.807) is 6.92 Å². The smallest absolute Gasteiger partial charge is 0.315 e. The monoisotopic (exact) mass is 345 g/mol. The largest absolute Gasteiger partial charge is 0.383 e. The van der Waals surface area contributed by atoms with Crippen LogP contribution >= 0.6 is 11.3 Å². The fourth-order valence-corrected chi connectivity index (χ4v) is 3.18. The number of nitrogens with one attached hydrogen (secondary N) is 2. The summed E-state index contributed by atoms with van der Waals surface area (Å²) in [7, 11) is 0. The molecule has 3 aromatic rings. The molecule has 0 aliphatic rings. The lowest BCUT2D eigenvalue weighted by Crippen LogP contribution is -2.44. The highest BCUT2D eigenvalue weighted by atomic mass is 32.1. The van der Waals surface area contributed by atoms with E-state index in [2.05, 4.69) is 20.8 Å². The number of carbonyl (C=O) groups excluding carboxylic acids is 1. The van der Waals surface area contributed by atoms with Crippen LogP contribution < -0.4 is 10.6 Å². The van der Waals surface area contributed by atoms with Gasteiger partial charge in [0, 0.05) is 11.1 Å².